The molecule has 3 aromatic rings. The number of nitrogens with one attached hydrogen (secondary N) is 1. The maximum Gasteiger partial charge on any atom is 0.407 e. The van der Waals surface area contributed by atoms with E-state index in [4.69, 9.17) is 11.7 Å². The lowest BCUT2D eigenvalue weighted by Crippen LogP contribution is -2.32. The Balaban J connectivity index is 1.59. The molecule has 2 aromatic heterocycles. The van der Waals surface area contributed by atoms with E-state index in [1.807, 2.05) is 0 Å². The SMILES string of the molecule is [C-]#[N+]c1ccc(N2CCc3c(ncnc3Nc3nnc(C(=O)O)s3)C2)cc1C(F)(F)F. The van der Waals surface area contributed by atoms with Crippen LogP contribution in [0.3, 0.4) is 0 Å². The minimum absolute atomic E-state index is 0.167. The van der Waals surface area contributed by atoms with Crippen LogP contribution in [0.1, 0.15) is 26.6 Å². The fourth-order valence-corrected chi connectivity index (χ4v) is 3.77. The van der Waals surface area contributed by atoms with Gasteiger partial charge in [-0.25, -0.2) is 19.6 Å². The highest BCUT2D eigenvalue weighted by molar-refractivity contribution is 7.17. The quantitative estimate of drug-likeness (QED) is 0.580. The van der Waals surface area contributed by atoms with Gasteiger partial charge in [-0.1, -0.05) is 17.4 Å². The average molecular weight is 447 g/mol. The van der Waals surface area contributed by atoms with E-state index in [1.165, 1.54) is 18.5 Å². The number of carboxylic acid groups (broad SMARTS) is 1. The Labute approximate surface area is 177 Å². The predicted molar refractivity (Wildman–Crippen MR) is 105 cm³/mol. The number of nitrogens with zero attached hydrogens (tertiary/aromatic N) is 6. The van der Waals surface area contributed by atoms with Crippen molar-refractivity contribution in [2.24, 2.45) is 0 Å². The molecule has 13 heteroatoms. The zero-order valence-corrected chi connectivity index (χ0v) is 16.3. The first-order valence-corrected chi connectivity index (χ1v) is 9.58. The molecule has 158 valence electrons. The summed E-state index contributed by atoms with van der Waals surface area (Å²) in [6, 6.07) is 3.64. The molecule has 3 heterocycles. The minimum atomic E-state index is -4.63. The van der Waals surface area contributed by atoms with Gasteiger partial charge in [0, 0.05) is 17.8 Å². The molecule has 0 radical (unpaired) electrons. The van der Waals surface area contributed by atoms with Crippen molar-refractivity contribution in [3.05, 3.63) is 57.8 Å². The molecule has 9 nitrogen and oxygen atoms in total. The van der Waals surface area contributed by atoms with E-state index in [9.17, 15) is 18.0 Å². The van der Waals surface area contributed by atoms with Crippen molar-refractivity contribution >= 4 is 39.6 Å². The van der Waals surface area contributed by atoms with Crippen molar-refractivity contribution in [2.75, 3.05) is 16.8 Å². The Morgan fingerprint density at radius 1 is 1.29 bits per heavy atom. The normalized spacial score (nSPS) is 13.4. The van der Waals surface area contributed by atoms with Crippen molar-refractivity contribution in [1.82, 2.24) is 20.2 Å². The number of fused-ring (bicyclic) bond motifs is 1. The molecule has 1 aliphatic heterocycles. The van der Waals surface area contributed by atoms with Crippen LogP contribution in [0, 0.1) is 6.57 Å². The fraction of sp³-hybridized carbons (Fsp3) is 0.222. The number of carbonyl (C=O) groups is 1. The van der Waals surface area contributed by atoms with E-state index in [1.54, 1.807) is 4.90 Å². The van der Waals surface area contributed by atoms with Gasteiger partial charge in [-0.2, -0.15) is 13.2 Å². The van der Waals surface area contributed by atoms with Gasteiger partial charge in [0.25, 0.3) is 0 Å². The third-order valence-corrected chi connectivity index (χ3v) is 5.44. The standard InChI is InChI=1S/C18H12F3N7O2S/c1-22-12-3-2-9(6-11(12)18(19,20)21)28-5-4-10-13(7-28)23-8-24-14(10)25-17-27-26-15(31-17)16(29)30/h2-3,6,8H,4-5,7H2,(H,29,30)(H,23,24,25,27). The summed E-state index contributed by atoms with van der Waals surface area (Å²) in [4.78, 5) is 24.1. The molecule has 0 bridgehead atoms. The van der Waals surface area contributed by atoms with E-state index in [0.29, 0.717) is 30.2 Å². The summed E-state index contributed by atoms with van der Waals surface area (Å²) >= 11 is 0.857. The molecule has 0 spiro atoms. The number of halogens is 3. The van der Waals surface area contributed by atoms with Crippen LogP contribution >= 0.6 is 11.3 Å². The van der Waals surface area contributed by atoms with Gasteiger partial charge in [-0.05, 0) is 18.6 Å². The van der Waals surface area contributed by atoms with Crippen LogP contribution in [0.25, 0.3) is 4.85 Å². The number of rotatable bonds is 4. The summed E-state index contributed by atoms with van der Waals surface area (Å²) in [7, 11) is 0. The number of anilines is 3. The van der Waals surface area contributed by atoms with Gasteiger partial charge in [-0.15, -0.1) is 10.2 Å². The Morgan fingerprint density at radius 3 is 2.77 bits per heavy atom. The zero-order chi connectivity index (χ0) is 22.2. The van der Waals surface area contributed by atoms with Crippen LogP contribution in [-0.4, -0.2) is 37.8 Å². The van der Waals surface area contributed by atoms with Gasteiger partial charge in [0.2, 0.25) is 10.1 Å². The molecule has 2 N–H and O–H groups in total. The van der Waals surface area contributed by atoms with Crippen LogP contribution in [0.4, 0.5) is 35.5 Å². The number of carboxylic acids is 1. The van der Waals surface area contributed by atoms with Crippen LogP contribution in [0.5, 0.6) is 0 Å². The smallest absolute Gasteiger partial charge is 0.407 e. The van der Waals surface area contributed by atoms with Crippen molar-refractivity contribution in [2.45, 2.75) is 19.1 Å². The first-order valence-electron chi connectivity index (χ1n) is 8.76. The second kappa shape index (κ2) is 7.80. The highest BCUT2D eigenvalue weighted by Gasteiger charge is 2.34. The summed E-state index contributed by atoms with van der Waals surface area (Å²) in [5.74, 6) is -0.745. The maximum atomic E-state index is 13.3. The molecule has 1 aliphatic rings. The van der Waals surface area contributed by atoms with Crippen molar-refractivity contribution in [3.63, 3.8) is 0 Å². The molecule has 0 amide bonds. The summed E-state index contributed by atoms with van der Waals surface area (Å²) in [6.07, 6.45) is -2.87. The van der Waals surface area contributed by atoms with E-state index in [2.05, 4.69) is 30.3 Å². The summed E-state index contributed by atoms with van der Waals surface area (Å²) in [5.41, 5.74) is 0.310. The molecular weight excluding hydrogens is 435 g/mol. The highest BCUT2D eigenvalue weighted by atomic mass is 32.1. The van der Waals surface area contributed by atoms with Crippen molar-refractivity contribution in [1.29, 1.82) is 0 Å². The summed E-state index contributed by atoms with van der Waals surface area (Å²) < 4.78 is 39.9. The summed E-state index contributed by atoms with van der Waals surface area (Å²) in [5, 5.41) is 19.3. The van der Waals surface area contributed by atoms with Crippen LogP contribution in [0.2, 0.25) is 0 Å². The zero-order valence-electron chi connectivity index (χ0n) is 15.5. The number of aromatic nitrogens is 4. The molecule has 0 saturated heterocycles. The molecule has 1 aromatic carbocycles. The second-order valence-electron chi connectivity index (χ2n) is 6.47. The third-order valence-electron chi connectivity index (χ3n) is 4.61. The van der Waals surface area contributed by atoms with E-state index >= 15 is 0 Å². The van der Waals surface area contributed by atoms with Gasteiger partial charge >= 0.3 is 12.1 Å². The Kier molecular flexibility index (Phi) is 5.15. The monoisotopic (exact) mass is 447 g/mol. The third kappa shape index (κ3) is 4.10. The number of hydrogen-bond donors (Lipinski definition) is 2. The Bertz CT molecular complexity index is 1210. The number of hydrogen-bond acceptors (Lipinski definition) is 8. The fourth-order valence-electron chi connectivity index (χ4n) is 3.19. The lowest BCUT2D eigenvalue weighted by molar-refractivity contribution is -0.136. The molecule has 0 saturated carbocycles. The van der Waals surface area contributed by atoms with Crippen LogP contribution < -0.4 is 10.2 Å². The van der Waals surface area contributed by atoms with Gasteiger partial charge in [-0.3, -0.25) is 0 Å². The Morgan fingerprint density at radius 2 is 2.10 bits per heavy atom. The molecule has 0 atom stereocenters. The topological polar surface area (TPSA) is 108 Å². The predicted octanol–water partition coefficient (Wildman–Crippen LogP) is 3.90. The van der Waals surface area contributed by atoms with Crippen molar-refractivity contribution in [3.8, 4) is 0 Å². The largest absolute Gasteiger partial charge is 0.476 e. The lowest BCUT2D eigenvalue weighted by Gasteiger charge is -2.31. The second-order valence-corrected chi connectivity index (χ2v) is 7.45. The molecule has 0 unspecified atom stereocenters. The summed E-state index contributed by atoms with van der Waals surface area (Å²) in [6.45, 7) is 7.61. The van der Waals surface area contributed by atoms with Gasteiger partial charge in [0.1, 0.15) is 12.1 Å². The molecule has 0 fully saturated rings. The first kappa shape index (κ1) is 20.5. The number of benzene rings is 1. The Hall–Kier alpha value is -3.79. The highest BCUT2D eigenvalue weighted by Crippen LogP contribution is 2.39. The molecular formula is C18H12F3N7O2S. The van der Waals surface area contributed by atoms with Crippen LogP contribution in [0.15, 0.2) is 24.5 Å². The average Bonchev–Trinajstić information content (AvgIpc) is 3.21. The lowest BCUT2D eigenvalue weighted by atomic mass is 10.0. The van der Waals surface area contributed by atoms with Gasteiger partial charge in [0.05, 0.1) is 24.4 Å². The maximum absolute atomic E-state index is 13.3. The molecule has 4 rings (SSSR count). The van der Waals surface area contributed by atoms with Gasteiger partial charge < -0.3 is 15.3 Å². The molecule has 31 heavy (non-hydrogen) atoms. The number of aromatic carboxylic acids is 1. The van der Waals surface area contributed by atoms with E-state index in [-0.39, 0.29) is 16.7 Å². The van der Waals surface area contributed by atoms with E-state index in [0.717, 1.165) is 23.0 Å². The van der Waals surface area contributed by atoms with E-state index < -0.39 is 23.4 Å². The first-order chi connectivity index (χ1) is 14.8. The van der Waals surface area contributed by atoms with Crippen molar-refractivity contribution < 1.29 is 23.1 Å². The van der Waals surface area contributed by atoms with Crippen LogP contribution in [-0.2, 0) is 19.1 Å². The van der Waals surface area contributed by atoms with Gasteiger partial charge in [0.15, 0.2) is 5.69 Å². The minimum Gasteiger partial charge on any atom is -0.476 e. The molecule has 0 aliphatic carbocycles. The number of alkyl halides is 3.